The van der Waals surface area contributed by atoms with Gasteiger partial charge in [0.1, 0.15) is 11.6 Å². The normalized spacial score (nSPS) is 13.2. The largest absolute Gasteiger partial charge is 0.465 e. The molecule has 0 saturated carbocycles. The van der Waals surface area contributed by atoms with Crippen molar-refractivity contribution in [2.24, 2.45) is 0 Å². The number of hydrogen-bond acceptors (Lipinski definition) is 5. The second-order valence-electron chi connectivity index (χ2n) is 5.23. The van der Waals surface area contributed by atoms with Crippen LogP contribution in [0.1, 0.15) is 31.1 Å². The van der Waals surface area contributed by atoms with E-state index in [-0.39, 0.29) is 22.5 Å². The summed E-state index contributed by atoms with van der Waals surface area (Å²) in [6, 6.07) is 7.58. The van der Waals surface area contributed by atoms with Crippen molar-refractivity contribution >= 4 is 23.2 Å². The fourth-order valence-corrected chi connectivity index (χ4v) is 2.46. The molecule has 0 atom stereocenters. The van der Waals surface area contributed by atoms with E-state index in [1.807, 2.05) is 0 Å². The van der Waals surface area contributed by atoms with Crippen molar-refractivity contribution in [1.29, 1.82) is 0 Å². The van der Waals surface area contributed by atoms with Crippen molar-refractivity contribution in [3.05, 3.63) is 76.5 Å². The number of ketones is 2. The van der Waals surface area contributed by atoms with Gasteiger partial charge in [0.2, 0.25) is 5.78 Å². The Morgan fingerprint density at radius 1 is 1.04 bits per heavy atom. The quantitative estimate of drug-likeness (QED) is 0.867. The molecule has 0 saturated heterocycles. The van der Waals surface area contributed by atoms with Crippen molar-refractivity contribution in [1.82, 2.24) is 0 Å². The fourth-order valence-electron chi connectivity index (χ4n) is 2.46. The summed E-state index contributed by atoms with van der Waals surface area (Å²) < 4.78 is 32.5. The Balaban J connectivity index is 1.96. The lowest BCUT2D eigenvalue weighted by molar-refractivity contribution is 0.0594. The maximum atomic E-state index is 14.1. The summed E-state index contributed by atoms with van der Waals surface area (Å²) in [5, 5.41) is 2.42. The second-order valence-corrected chi connectivity index (χ2v) is 5.23. The van der Waals surface area contributed by atoms with Crippen molar-refractivity contribution in [3.63, 3.8) is 0 Å². The van der Waals surface area contributed by atoms with Gasteiger partial charge >= 0.3 is 5.97 Å². The number of methoxy groups -OCH3 is 1. The Kier molecular flexibility index (Phi) is 4.14. The van der Waals surface area contributed by atoms with Gasteiger partial charge in [-0.25, -0.2) is 13.6 Å². The average Bonchev–Trinajstić information content (AvgIpc) is 2.61. The molecule has 2 aromatic rings. The summed E-state index contributed by atoms with van der Waals surface area (Å²) in [5.41, 5.74) is -0.726. The molecule has 0 amide bonds. The number of hydrogen-bond donors (Lipinski definition) is 1. The molecule has 0 fully saturated rings. The van der Waals surface area contributed by atoms with Gasteiger partial charge in [0.15, 0.2) is 5.78 Å². The van der Waals surface area contributed by atoms with Crippen molar-refractivity contribution < 1.29 is 27.9 Å². The molecule has 5 nitrogen and oxygen atoms in total. The molecule has 0 spiro atoms. The van der Waals surface area contributed by atoms with Crippen LogP contribution in [0.4, 0.5) is 14.5 Å². The zero-order valence-corrected chi connectivity index (χ0v) is 12.9. The third-order valence-electron chi connectivity index (χ3n) is 3.69. The van der Waals surface area contributed by atoms with Crippen LogP contribution in [0.5, 0.6) is 0 Å². The molecule has 126 valence electrons. The number of esters is 1. The molecule has 25 heavy (non-hydrogen) atoms. The van der Waals surface area contributed by atoms with Gasteiger partial charge in [0.05, 0.1) is 24.1 Å². The molecule has 0 aliphatic heterocycles. The van der Waals surface area contributed by atoms with Gasteiger partial charge in [-0.2, -0.15) is 0 Å². The first kappa shape index (κ1) is 16.5. The highest BCUT2D eigenvalue weighted by Crippen LogP contribution is 2.26. The number of carbonyl (C=O) groups excluding carboxylic acids is 3. The highest BCUT2D eigenvalue weighted by molar-refractivity contribution is 6.25. The highest BCUT2D eigenvalue weighted by atomic mass is 19.1. The molecule has 1 N–H and O–H groups in total. The first-order valence-electron chi connectivity index (χ1n) is 7.16. The van der Waals surface area contributed by atoms with Gasteiger partial charge in [-0.3, -0.25) is 9.59 Å². The minimum absolute atomic E-state index is 0.171. The van der Waals surface area contributed by atoms with Crippen LogP contribution in [-0.2, 0) is 4.74 Å². The Morgan fingerprint density at radius 3 is 2.40 bits per heavy atom. The van der Waals surface area contributed by atoms with Crippen LogP contribution in [0, 0.1) is 11.6 Å². The molecular formula is C18H11F2NO4. The maximum absolute atomic E-state index is 14.1. The monoisotopic (exact) mass is 343 g/mol. The average molecular weight is 343 g/mol. The molecule has 0 unspecified atom stereocenters. The smallest absolute Gasteiger partial charge is 0.340 e. The Hall–Kier alpha value is -3.35. The summed E-state index contributed by atoms with van der Waals surface area (Å²) in [4.78, 5) is 35.8. The lowest BCUT2D eigenvalue weighted by atomic mass is 9.92. The number of anilines is 1. The van der Waals surface area contributed by atoms with E-state index >= 15 is 0 Å². The summed E-state index contributed by atoms with van der Waals surface area (Å²) in [6.07, 6.45) is 1.02. The van der Waals surface area contributed by atoms with Gasteiger partial charge in [-0.1, -0.05) is 24.3 Å². The number of ether oxygens (including phenoxy) is 1. The molecule has 2 aromatic carbocycles. The summed E-state index contributed by atoms with van der Waals surface area (Å²) in [5.74, 6) is -3.97. The summed E-state index contributed by atoms with van der Waals surface area (Å²) in [7, 11) is 1.04. The van der Waals surface area contributed by atoms with Crippen LogP contribution in [-0.4, -0.2) is 24.6 Å². The molecule has 1 aliphatic carbocycles. The number of carbonyl (C=O) groups is 3. The van der Waals surface area contributed by atoms with E-state index < -0.39 is 34.7 Å². The highest BCUT2D eigenvalue weighted by Gasteiger charge is 2.26. The Bertz CT molecular complexity index is 950. The number of rotatable bonds is 3. The number of Topliss-reactive ketones (excluding diaryl/α,β-unsaturated/α-hetero) is 1. The number of fused-ring (bicyclic) bond motifs is 1. The van der Waals surface area contributed by atoms with Gasteiger partial charge in [-0.15, -0.1) is 0 Å². The van der Waals surface area contributed by atoms with Crippen LogP contribution in [0.25, 0.3) is 0 Å². The topological polar surface area (TPSA) is 72.5 Å². The van der Waals surface area contributed by atoms with Crippen LogP contribution in [0.3, 0.4) is 0 Å². The van der Waals surface area contributed by atoms with E-state index in [2.05, 4.69) is 10.1 Å². The maximum Gasteiger partial charge on any atom is 0.340 e. The van der Waals surface area contributed by atoms with Gasteiger partial charge < -0.3 is 10.1 Å². The molecule has 1 aliphatic rings. The van der Waals surface area contributed by atoms with E-state index in [4.69, 9.17) is 0 Å². The van der Waals surface area contributed by atoms with Crippen LogP contribution in [0.15, 0.2) is 48.2 Å². The number of benzene rings is 2. The Labute approximate surface area is 140 Å². The fraction of sp³-hybridized carbons (Fsp3) is 0.0556. The van der Waals surface area contributed by atoms with E-state index in [0.717, 1.165) is 19.3 Å². The molecule has 0 heterocycles. The van der Waals surface area contributed by atoms with Gasteiger partial charge in [0.25, 0.3) is 0 Å². The SMILES string of the molecule is COC(=O)c1cc(F)c(NC2=CC(=O)c3ccccc3C2=O)cc1F. The van der Waals surface area contributed by atoms with Crippen LogP contribution < -0.4 is 5.32 Å². The predicted molar refractivity (Wildman–Crippen MR) is 84.5 cm³/mol. The van der Waals surface area contributed by atoms with Crippen LogP contribution >= 0.6 is 0 Å². The van der Waals surface area contributed by atoms with Crippen molar-refractivity contribution in [2.75, 3.05) is 12.4 Å². The molecule has 0 bridgehead atoms. The molecule has 3 rings (SSSR count). The lowest BCUT2D eigenvalue weighted by Gasteiger charge is -2.17. The van der Waals surface area contributed by atoms with Crippen molar-refractivity contribution in [3.8, 4) is 0 Å². The Morgan fingerprint density at radius 2 is 1.72 bits per heavy atom. The molecule has 0 radical (unpaired) electrons. The third kappa shape index (κ3) is 2.91. The third-order valence-corrected chi connectivity index (χ3v) is 3.69. The van der Waals surface area contributed by atoms with Gasteiger partial charge in [0, 0.05) is 23.3 Å². The van der Waals surface area contributed by atoms with Gasteiger partial charge in [-0.05, 0) is 6.07 Å². The minimum atomic E-state index is -1.03. The molecular weight excluding hydrogens is 332 g/mol. The number of allylic oxidation sites excluding steroid dienone is 2. The number of nitrogens with one attached hydrogen (secondary N) is 1. The standard InChI is InChI=1S/C18H11F2NO4/c1-25-18(24)11-6-13(20)14(7-12(11)19)21-15-8-16(22)9-4-2-3-5-10(9)17(15)23/h2-8,21H,1H3. The van der Waals surface area contributed by atoms with E-state index in [1.165, 1.54) is 12.1 Å². The predicted octanol–water partition coefficient (Wildman–Crippen LogP) is 3.13. The van der Waals surface area contributed by atoms with E-state index in [0.29, 0.717) is 6.07 Å². The zero-order valence-electron chi connectivity index (χ0n) is 12.9. The lowest BCUT2D eigenvalue weighted by Crippen LogP contribution is -2.22. The molecule has 7 heteroatoms. The van der Waals surface area contributed by atoms with Crippen molar-refractivity contribution in [2.45, 2.75) is 0 Å². The summed E-state index contributed by atoms with van der Waals surface area (Å²) >= 11 is 0. The first-order chi connectivity index (χ1) is 11.9. The zero-order chi connectivity index (χ0) is 18.1. The minimum Gasteiger partial charge on any atom is -0.465 e. The van der Waals surface area contributed by atoms with E-state index in [1.54, 1.807) is 12.1 Å². The molecule has 0 aromatic heterocycles. The van der Waals surface area contributed by atoms with Crippen LogP contribution in [0.2, 0.25) is 0 Å². The number of halogens is 2. The summed E-state index contributed by atoms with van der Waals surface area (Å²) in [6.45, 7) is 0. The first-order valence-corrected chi connectivity index (χ1v) is 7.16. The second kappa shape index (κ2) is 6.27. The van der Waals surface area contributed by atoms with E-state index in [9.17, 15) is 23.2 Å².